The first kappa shape index (κ1) is 19.6. The van der Waals surface area contributed by atoms with Crippen LogP contribution in [-0.2, 0) is 17.7 Å². The molecular weight excluding hydrogens is 411 g/mol. The molecular formula is C15H27IN4OS. The molecule has 2 heterocycles. The SMILES string of the molecule is CCNC(=NCc1csc(CC)n1)NCC1(C)CCCO1.I. The van der Waals surface area contributed by atoms with Crippen LogP contribution in [0, 0.1) is 0 Å². The van der Waals surface area contributed by atoms with Gasteiger partial charge in [0.2, 0.25) is 0 Å². The topological polar surface area (TPSA) is 58.5 Å². The number of aryl methyl sites for hydroxylation is 1. The molecule has 2 rings (SSSR count). The minimum atomic E-state index is -0.0633. The van der Waals surface area contributed by atoms with Crippen LogP contribution in [0.5, 0.6) is 0 Å². The Kier molecular flexibility index (Phi) is 8.63. The van der Waals surface area contributed by atoms with E-state index in [2.05, 4.69) is 46.8 Å². The van der Waals surface area contributed by atoms with E-state index in [-0.39, 0.29) is 29.6 Å². The number of halogens is 1. The van der Waals surface area contributed by atoms with Gasteiger partial charge in [-0.25, -0.2) is 9.98 Å². The third-order valence-electron chi connectivity index (χ3n) is 3.58. The van der Waals surface area contributed by atoms with Crippen molar-refractivity contribution in [2.75, 3.05) is 19.7 Å². The van der Waals surface area contributed by atoms with Crippen LogP contribution in [-0.4, -0.2) is 36.2 Å². The summed E-state index contributed by atoms with van der Waals surface area (Å²) in [5, 5.41) is 9.92. The monoisotopic (exact) mass is 438 g/mol. The van der Waals surface area contributed by atoms with Crippen LogP contribution in [0.25, 0.3) is 0 Å². The minimum absolute atomic E-state index is 0. The fourth-order valence-corrected chi connectivity index (χ4v) is 3.07. The molecule has 0 aliphatic carbocycles. The second-order valence-electron chi connectivity index (χ2n) is 5.54. The van der Waals surface area contributed by atoms with E-state index in [1.54, 1.807) is 11.3 Å². The summed E-state index contributed by atoms with van der Waals surface area (Å²) in [6.45, 7) is 9.47. The number of hydrogen-bond donors (Lipinski definition) is 2. The van der Waals surface area contributed by atoms with Gasteiger partial charge in [0.1, 0.15) is 0 Å². The summed E-state index contributed by atoms with van der Waals surface area (Å²) in [4.78, 5) is 9.15. The van der Waals surface area contributed by atoms with Gasteiger partial charge in [0, 0.05) is 25.1 Å². The average molecular weight is 438 g/mol. The van der Waals surface area contributed by atoms with Gasteiger partial charge in [-0.2, -0.15) is 0 Å². The van der Waals surface area contributed by atoms with Gasteiger partial charge in [0.25, 0.3) is 0 Å². The van der Waals surface area contributed by atoms with Crippen molar-refractivity contribution in [1.82, 2.24) is 15.6 Å². The maximum atomic E-state index is 5.79. The largest absolute Gasteiger partial charge is 0.373 e. The number of thiazole rings is 1. The number of hydrogen-bond acceptors (Lipinski definition) is 4. The second kappa shape index (κ2) is 9.67. The lowest BCUT2D eigenvalue weighted by molar-refractivity contribution is 0.0243. The van der Waals surface area contributed by atoms with E-state index in [1.807, 2.05) is 0 Å². The summed E-state index contributed by atoms with van der Waals surface area (Å²) in [5.41, 5.74) is 0.976. The van der Waals surface area contributed by atoms with Crippen LogP contribution >= 0.6 is 35.3 Å². The van der Waals surface area contributed by atoms with Gasteiger partial charge < -0.3 is 15.4 Å². The second-order valence-corrected chi connectivity index (χ2v) is 6.48. The zero-order valence-electron chi connectivity index (χ0n) is 13.6. The van der Waals surface area contributed by atoms with E-state index in [4.69, 9.17) is 4.74 Å². The summed E-state index contributed by atoms with van der Waals surface area (Å²) < 4.78 is 5.79. The normalized spacial score (nSPS) is 21.5. The van der Waals surface area contributed by atoms with E-state index in [0.29, 0.717) is 6.54 Å². The summed E-state index contributed by atoms with van der Waals surface area (Å²) >= 11 is 1.71. The highest BCUT2D eigenvalue weighted by molar-refractivity contribution is 14.0. The molecule has 1 atom stereocenters. The Balaban J connectivity index is 0.00000242. The van der Waals surface area contributed by atoms with E-state index in [9.17, 15) is 0 Å². The Bertz CT molecular complexity index is 472. The zero-order valence-corrected chi connectivity index (χ0v) is 16.8. The van der Waals surface area contributed by atoms with Gasteiger partial charge in [-0.15, -0.1) is 35.3 Å². The molecule has 2 N–H and O–H groups in total. The molecule has 1 aromatic heterocycles. The van der Waals surface area contributed by atoms with Crippen molar-refractivity contribution in [2.24, 2.45) is 4.99 Å². The van der Waals surface area contributed by atoms with Crippen LogP contribution in [0.1, 0.15) is 44.3 Å². The van der Waals surface area contributed by atoms with Gasteiger partial charge in [-0.05, 0) is 33.1 Å². The lowest BCUT2D eigenvalue weighted by Crippen LogP contribution is -2.45. The van der Waals surface area contributed by atoms with Crippen molar-refractivity contribution in [1.29, 1.82) is 0 Å². The van der Waals surface area contributed by atoms with Gasteiger partial charge in [0.05, 0.1) is 22.8 Å². The molecule has 22 heavy (non-hydrogen) atoms. The molecule has 0 aromatic carbocycles. The zero-order chi connectivity index (χ0) is 15.1. The molecule has 0 radical (unpaired) electrons. The number of guanidine groups is 1. The number of aromatic nitrogens is 1. The van der Waals surface area contributed by atoms with Crippen molar-refractivity contribution >= 4 is 41.3 Å². The first-order valence-electron chi connectivity index (χ1n) is 7.74. The third-order valence-corrected chi connectivity index (χ3v) is 4.62. The van der Waals surface area contributed by atoms with Gasteiger partial charge in [-0.3, -0.25) is 0 Å². The Hall–Kier alpha value is -0.410. The molecule has 1 fully saturated rings. The van der Waals surface area contributed by atoms with Crippen LogP contribution in [0.4, 0.5) is 0 Å². The van der Waals surface area contributed by atoms with Gasteiger partial charge in [-0.1, -0.05) is 6.92 Å². The Morgan fingerprint density at radius 2 is 2.27 bits per heavy atom. The summed E-state index contributed by atoms with van der Waals surface area (Å²) in [5.74, 6) is 0.834. The standard InChI is InChI=1S/C15H26N4OS.HI/c1-4-13-19-12(10-21-13)9-17-14(16-5-2)18-11-15(3)7-6-8-20-15;/h10H,4-9,11H2,1-3H3,(H2,16,17,18);1H. The van der Waals surface area contributed by atoms with Crippen molar-refractivity contribution < 1.29 is 4.74 Å². The molecule has 126 valence electrons. The molecule has 0 amide bonds. The van der Waals surface area contributed by atoms with Crippen LogP contribution < -0.4 is 10.6 Å². The van der Waals surface area contributed by atoms with Crippen molar-refractivity contribution in [3.63, 3.8) is 0 Å². The molecule has 0 bridgehead atoms. The first-order chi connectivity index (χ1) is 10.1. The maximum Gasteiger partial charge on any atom is 0.191 e. The summed E-state index contributed by atoms with van der Waals surface area (Å²) in [6, 6.07) is 0. The fourth-order valence-electron chi connectivity index (χ4n) is 2.33. The molecule has 1 unspecified atom stereocenters. The predicted octanol–water partition coefficient (Wildman–Crippen LogP) is 2.95. The highest BCUT2D eigenvalue weighted by Crippen LogP contribution is 2.23. The number of nitrogens with one attached hydrogen (secondary N) is 2. The summed E-state index contributed by atoms with van der Waals surface area (Å²) in [7, 11) is 0. The molecule has 1 aliphatic rings. The molecule has 1 saturated heterocycles. The van der Waals surface area contributed by atoms with Crippen molar-refractivity contribution in [2.45, 2.75) is 52.2 Å². The molecule has 0 spiro atoms. The van der Waals surface area contributed by atoms with E-state index in [0.717, 1.165) is 50.6 Å². The Morgan fingerprint density at radius 3 is 2.86 bits per heavy atom. The highest BCUT2D eigenvalue weighted by atomic mass is 127. The van der Waals surface area contributed by atoms with Gasteiger partial charge in [0.15, 0.2) is 5.96 Å². The Morgan fingerprint density at radius 1 is 1.45 bits per heavy atom. The smallest absolute Gasteiger partial charge is 0.191 e. The number of rotatable bonds is 6. The minimum Gasteiger partial charge on any atom is -0.373 e. The van der Waals surface area contributed by atoms with Crippen LogP contribution in [0.15, 0.2) is 10.4 Å². The van der Waals surface area contributed by atoms with E-state index < -0.39 is 0 Å². The average Bonchev–Trinajstić information content (AvgIpc) is 3.11. The van der Waals surface area contributed by atoms with Crippen molar-refractivity contribution in [3.8, 4) is 0 Å². The maximum absolute atomic E-state index is 5.79. The molecule has 7 heteroatoms. The molecule has 1 aliphatic heterocycles. The van der Waals surface area contributed by atoms with E-state index in [1.165, 1.54) is 5.01 Å². The van der Waals surface area contributed by atoms with Crippen LogP contribution in [0.3, 0.4) is 0 Å². The Labute approximate surface area is 154 Å². The lowest BCUT2D eigenvalue weighted by Gasteiger charge is -2.24. The van der Waals surface area contributed by atoms with Crippen LogP contribution in [0.2, 0.25) is 0 Å². The number of aliphatic imine (C=N–C) groups is 1. The van der Waals surface area contributed by atoms with Crippen molar-refractivity contribution in [3.05, 3.63) is 16.1 Å². The predicted molar refractivity (Wildman–Crippen MR) is 103 cm³/mol. The quantitative estimate of drug-likeness (QED) is 0.408. The number of nitrogens with zero attached hydrogens (tertiary/aromatic N) is 2. The van der Waals surface area contributed by atoms with E-state index >= 15 is 0 Å². The fraction of sp³-hybridized carbons (Fsp3) is 0.733. The number of ether oxygens (including phenoxy) is 1. The molecule has 5 nitrogen and oxygen atoms in total. The van der Waals surface area contributed by atoms with Gasteiger partial charge >= 0.3 is 0 Å². The highest BCUT2D eigenvalue weighted by Gasteiger charge is 2.29. The third kappa shape index (κ3) is 6.00. The summed E-state index contributed by atoms with van der Waals surface area (Å²) in [6.07, 6.45) is 3.23. The molecule has 1 aromatic rings. The molecule has 0 saturated carbocycles. The first-order valence-corrected chi connectivity index (χ1v) is 8.62. The lowest BCUT2D eigenvalue weighted by atomic mass is 10.0.